The molecule has 1 amide bonds. The molecule has 1 aliphatic rings. The highest BCUT2D eigenvalue weighted by atomic mass is 32.1. The first-order chi connectivity index (χ1) is 9.08. The lowest BCUT2D eigenvalue weighted by Crippen LogP contribution is -2.33. The Morgan fingerprint density at radius 3 is 3.00 bits per heavy atom. The number of carbonyl (C=O) groups is 1. The monoisotopic (exact) mass is 278 g/mol. The quantitative estimate of drug-likeness (QED) is 0.816. The van der Waals surface area contributed by atoms with Gasteiger partial charge in [-0.2, -0.15) is 0 Å². The minimum atomic E-state index is -0.0428. The van der Waals surface area contributed by atoms with Crippen molar-refractivity contribution in [2.24, 2.45) is 11.7 Å². The topological polar surface area (TPSA) is 64.3 Å². The molecule has 1 fully saturated rings. The van der Waals surface area contributed by atoms with Crippen LogP contribution >= 0.6 is 12.2 Å². The molecule has 3 N–H and O–H groups in total. The highest BCUT2D eigenvalue weighted by Gasteiger charge is 2.30. The number of amides is 1. The third kappa shape index (κ3) is 3.52. The molecule has 1 aromatic rings. The first-order valence-electron chi connectivity index (χ1n) is 6.36. The zero-order chi connectivity index (χ0) is 13.8. The summed E-state index contributed by atoms with van der Waals surface area (Å²) in [5.41, 5.74) is 7.39. The van der Waals surface area contributed by atoms with E-state index in [0.717, 1.165) is 17.5 Å². The van der Waals surface area contributed by atoms with Crippen LogP contribution < -0.4 is 11.1 Å². The third-order valence-electron chi connectivity index (χ3n) is 3.39. The van der Waals surface area contributed by atoms with Crippen LogP contribution in [0.5, 0.6) is 0 Å². The largest absolute Gasteiger partial charge is 0.389 e. The van der Waals surface area contributed by atoms with Gasteiger partial charge in [-0.15, -0.1) is 0 Å². The molecule has 2 unspecified atom stereocenters. The molecule has 2 atom stereocenters. The van der Waals surface area contributed by atoms with Crippen LogP contribution in [-0.2, 0) is 16.1 Å². The number of nitrogens with one attached hydrogen (secondary N) is 1. The van der Waals surface area contributed by atoms with Gasteiger partial charge in [0, 0.05) is 18.7 Å². The Balaban J connectivity index is 1.93. The lowest BCUT2D eigenvalue weighted by Gasteiger charge is -2.14. The summed E-state index contributed by atoms with van der Waals surface area (Å²) in [5, 5.41) is 2.93. The number of benzene rings is 1. The normalized spacial score (nSPS) is 22.2. The van der Waals surface area contributed by atoms with E-state index in [9.17, 15) is 4.79 Å². The van der Waals surface area contributed by atoms with Crippen molar-refractivity contribution in [3.63, 3.8) is 0 Å². The molecule has 4 nitrogen and oxygen atoms in total. The Labute approximate surface area is 118 Å². The molecule has 0 bridgehead atoms. The molecule has 102 valence electrons. The fraction of sp³-hybridized carbons (Fsp3) is 0.429. The lowest BCUT2D eigenvalue weighted by atomic mass is 10.0. The van der Waals surface area contributed by atoms with Gasteiger partial charge in [0.05, 0.1) is 12.0 Å². The van der Waals surface area contributed by atoms with Gasteiger partial charge in [-0.05, 0) is 25.0 Å². The van der Waals surface area contributed by atoms with Crippen molar-refractivity contribution in [1.29, 1.82) is 0 Å². The maximum absolute atomic E-state index is 12.0. The van der Waals surface area contributed by atoms with E-state index in [1.807, 2.05) is 31.2 Å². The van der Waals surface area contributed by atoms with Gasteiger partial charge in [0.1, 0.15) is 4.99 Å². The Morgan fingerprint density at radius 2 is 2.37 bits per heavy atom. The van der Waals surface area contributed by atoms with Gasteiger partial charge in [0.2, 0.25) is 5.91 Å². The van der Waals surface area contributed by atoms with E-state index < -0.39 is 0 Å². The van der Waals surface area contributed by atoms with Gasteiger partial charge >= 0.3 is 0 Å². The Morgan fingerprint density at radius 1 is 1.58 bits per heavy atom. The average molecular weight is 278 g/mol. The number of hydrogen-bond acceptors (Lipinski definition) is 3. The average Bonchev–Trinajstić information content (AvgIpc) is 2.82. The van der Waals surface area contributed by atoms with Crippen LogP contribution in [-0.4, -0.2) is 23.6 Å². The van der Waals surface area contributed by atoms with Crippen molar-refractivity contribution in [1.82, 2.24) is 5.32 Å². The van der Waals surface area contributed by atoms with Crippen molar-refractivity contribution in [3.8, 4) is 0 Å². The number of thiocarbonyl (C=S) groups is 1. The standard InChI is InChI=1S/C14H18N2O2S/c1-9-12(5-6-18-9)14(17)16-8-10-3-2-4-11(7-10)13(15)19/h2-4,7,9,12H,5-6,8H2,1H3,(H2,15,19)(H,16,17). The smallest absolute Gasteiger partial charge is 0.226 e. The van der Waals surface area contributed by atoms with Crippen LogP contribution in [0.25, 0.3) is 0 Å². The van der Waals surface area contributed by atoms with Gasteiger partial charge in [-0.25, -0.2) is 0 Å². The Hall–Kier alpha value is -1.46. The molecule has 1 heterocycles. The predicted molar refractivity (Wildman–Crippen MR) is 77.7 cm³/mol. The van der Waals surface area contributed by atoms with Crippen LogP contribution in [0.2, 0.25) is 0 Å². The predicted octanol–water partition coefficient (Wildman–Crippen LogP) is 1.36. The molecule has 5 heteroatoms. The number of hydrogen-bond donors (Lipinski definition) is 2. The fourth-order valence-electron chi connectivity index (χ4n) is 2.23. The molecule has 0 aromatic heterocycles. The first kappa shape index (κ1) is 14.0. The van der Waals surface area contributed by atoms with Crippen LogP contribution in [0.1, 0.15) is 24.5 Å². The lowest BCUT2D eigenvalue weighted by molar-refractivity contribution is -0.126. The number of nitrogens with two attached hydrogens (primary N) is 1. The summed E-state index contributed by atoms with van der Waals surface area (Å²) in [7, 11) is 0. The van der Waals surface area contributed by atoms with Crippen molar-refractivity contribution in [2.75, 3.05) is 6.61 Å². The number of rotatable bonds is 4. The Bertz CT molecular complexity index is 490. The number of ether oxygens (including phenoxy) is 1. The third-order valence-corrected chi connectivity index (χ3v) is 3.63. The van der Waals surface area contributed by atoms with E-state index in [1.165, 1.54) is 0 Å². The molecule has 0 radical (unpaired) electrons. The molecule has 0 spiro atoms. The highest BCUT2D eigenvalue weighted by Crippen LogP contribution is 2.20. The molecule has 0 saturated carbocycles. The maximum Gasteiger partial charge on any atom is 0.226 e. The van der Waals surface area contributed by atoms with Gasteiger partial charge in [-0.3, -0.25) is 4.79 Å². The molecule has 1 aromatic carbocycles. The summed E-state index contributed by atoms with van der Waals surface area (Å²) in [5.74, 6) is 0.00416. The summed E-state index contributed by atoms with van der Waals surface area (Å²) in [6.45, 7) is 3.08. The second-order valence-electron chi connectivity index (χ2n) is 4.75. The number of carbonyl (C=O) groups excluding carboxylic acids is 1. The minimum absolute atomic E-state index is 0.00274. The minimum Gasteiger partial charge on any atom is -0.389 e. The van der Waals surface area contributed by atoms with E-state index in [2.05, 4.69) is 5.32 Å². The van der Waals surface area contributed by atoms with Crippen molar-refractivity contribution in [2.45, 2.75) is 26.0 Å². The van der Waals surface area contributed by atoms with Gasteiger partial charge in [0.15, 0.2) is 0 Å². The van der Waals surface area contributed by atoms with Crippen LogP contribution in [0.3, 0.4) is 0 Å². The first-order valence-corrected chi connectivity index (χ1v) is 6.77. The zero-order valence-electron chi connectivity index (χ0n) is 10.9. The van der Waals surface area contributed by atoms with Crippen molar-refractivity contribution >= 4 is 23.1 Å². The Kier molecular flexibility index (Phi) is 4.50. The van der Waals surface area contributed by atoms with Gasteiger partial charge in [0.25, 0.3) is 0 Å². The summed E-state index contributed by atoms with van der Waals surface area (Å²) in [6, 6.07) is 7.59. The van der Waals surface area contributed by atoms with Gasteiger partial charge < -0.3 is 15.8 Å². The van der Waals surface area contributed by atoms with Gasteiger partial charge in [-0.1, -0.05) is 30.4 Å². The SMILES string of the molecule is CC1OCCC1C(=O)NCc1cccc(C(N)=S)c1. The summed E-state index contributed by atoms with van der Waals surface area (Å²) >= 11 is 4.93. The summed E-state index contributed by atoms with van der Waals surface area (Å²) < 4.78 is 5.39. The fourth-order valence-corrected chi connectivity index (χ4v) is 2.36. The molecular weight excluding hydrogens is 260 g/mol. The second-order valence-corrected chi connectivity index (χ2v) is 5.19. The van der Waals surface area contributed by atoms with E-state index in [0.29, 0.717) is 18.1 Å². The second kappa shape index (κ2) is 6.12. The van der Waals surface area contributed by atoms with Crippen LogP contribution in [0.4, 0.5) is 0 Å². The zero-order valence-corrected chi connectivity index (χ0v) is 11.7. The van der Waals surface area contributed by atoms with Crippen molar-refractivity contribution < 1.29 is 9.53 Å². The molecule has 0 aliphatic carbocycles. The van der Waals surface area contributed by atoms with E-state index in [4.69, 9.17) is 22.7 Å². The van der Waals surface area contributed by atoms with Crippen molar-refractivity contribution in [3.05, 3.63) is 35.4 Å². The molecule has 1 aliphatic heterocycles. The summed E-state index contributed by atoms with van der Waals surface area (Å²) in [4.78, 5) is 12.4. The molecule has 2 rings (SSSR count). The molecule has 1 saturated heterocycles. The highest BCUT2D eigenvalue weighted by molar-refractivity contribution is 7.80. The van der Waals surface area contributed by atoms with E-state index >= 15 is 0 Å². The van der Waals surface area contributed by atoms with E-state index in [-0.39, 0.29) is 17.9 Å². The van der Waals surface area contributed by atoms with Crippen LogP contribution in [0, 0.1) is 5.92 Å². The van der Waals surface area contributed by atoms with Crippen LogP contribution in [0.15, 0.2) is 24.3 Å². The summed E-state index contributed by atoms with van der Waals surface area (Å²) in [6.07, 6.45) is 0.794. The molecular formula is C14H18N2O2S. The molecule has 19 heavy (non-hydrogen) atoms. The van der Waals surface area contributed by atoms with E-state index in [1.54, 1.807) is 0 Å². The maximum atomic E-state index is 12.0.